The molecule has 1 aromatic heterocycles. The second-order valence-electron chi connectivity index (χ2n) is 6.50. The van der Waals surface area contributed by atoms with E-state index in [4.69, 9.17) is 21.8 Å². The van der Waals surface area contributed by atoms with E-state index in [0.717, 1.165) is 60.5 Å². The fraction of sp³-hybridized carbons (Fsp3) is 0.471. The van der Waals surface area contributed by atoms with Gasteiger partial charge in [-0.05, 0) is 56.1 Å². The van der Waals surface area contributed by atoms with Crippen LogP contribution in [-0.2, 0) is 6.54 Å². The van der Waals surface area contributed by atoms with Crippen LogP contribution in [0.5, 0.6) is 0 Å². The van der Waals surface area contributed by atoms with Crippen LogP contribution in [-0.4, -0.2) is 29.5 Å². The Morgan fingerprint density at radius 2 is 2.09 bits per heavy atom. The Morgan fingerprint density at radius 1 is 1.36 bits per heavy atom. The van der Waals surface area contributed by atoms with Crippen molar-refractivity contribution < 1.29 is 4.42 Å². The minimum atomic E-state index is 0.223. The monoisotopic (exact) mass is 319 g/mol. The molecule has 0 aliphatic carbocycles. The van der Waals surface area contributed by atoms with Gasteiger partial charge in [0.25, 0.3) is 0 Å². The van der Waals surface area contributed by atoms with Crippen LogP contribution in [0.25, 0.3) is 11.3 Å². The number of halogens is 1. The lowest BCUT2D eigenvalue weighted by atomic mass is 9.90. The van der Waals surface area contributed by atoms with Crippen LogP contribution in [0.3, 0.4) is 0 Å². The molecule has 22 heavy (non-hydrogen) atoms. The Kier molecular flexibility index (Phi) is 4.26. The minimum absolute atomic E-state index is 0.223. The molecule has 2 heterocycles. The summed E-state index contributed by atoms with van der Waals surface area (Å²) in [7, 11) is 0. The molecular weight excluding hydrogens is 298 g/mol. The summed E-state index contributed by atoms with van der Waals surface area (Å²) in [6, 6.07) is 7.65. The number of benzene rings is 1. The first-order chi connectivity index (χ1) is 10.5. The van der Waals surface area contributed by atoms with E-state index in [-0.39, 0.29) is 5.41 Å². The van der Waals surface area contributed by atoms with Gasteiger partial charge in [0.15, 0.2) is 5.76 Å². The highest BCUT2D eigenvalue weighted by atomic mass is 35.5. The fourth-order valence-corrected chi connectivity index (χ4v) is 3.13. The SMILES string of the molecule is Cc1nc(CN2CCC(C)(CN)C2)oc1-c1ccc(Cl)cc1. The van der Waals surface area contributed by atoms with E-state index < -0.39 is 0 Å². The van der Waals surface area contributed by atoms with E-state index in [0.29, 0.717) is 0 Å². The molecule has 118 valence electrons. The molecule has 0 amide bonds. The van der Waals surface area contributed by atoms with Crippen molar-refractivity contribution in [1.29, 1.82) is 0 Å². The van der Waals surface area contributed by atoms with Crippen molar-refractivity contribution in [1.82, 2.24) is 9.88 Å². The van der Waals surface area contributed by atoms with Gasteiger partial charge in [0.1, 0.15) is 0 Å². The average molecular weight is 320 g/mol. The lowest BCUT2D eigenvalue weighted by molar-refractivity contribution is 0.252. The van der Waals surface area contributed by atoms with Crippen molar-refractivity contribution in [3.63, 3.8) is 0 Å². The highest BCUT2D eigenvalue weighted by molar-refractivity contribution is 6.30. The summed E-state index contributed by atoms with van der Waals surface area (Å²) in [5, 5.41) is 0.722. The molecular formula is C17H22ClN3O. The van der Waals surface area contributed by atoms with Crippen molar-refractivity contribution in [2.75, 3.05) is 19.6 Å². The molecule has 5 heteroatoms. The largest absolute Gasteiger partial charge is 0.439 e. The van der Waals surface area contributed by atoms with Crippen molar-refractivity contribution in [3.8, 4) is 11.3 Å². The third kappa shape index (κ3) is 3.19. The van der Waals surface area contributed by atoms with Gasteiger partial charge in [-0.1, -0.05) is 18.5 Å². The molecule has 2 N–H and O–H groups in total. The third-order valence-corrected chi connectivity index (χ3v) is 4.69. The van der Waals surface area contributed by atoms with Gasteiger partial charge in [-0.25, -0.2) is 4.98 Å². The van der Waals surface area contributed by atoms with Crippen LogP contribution in [0.1, 0.15) is 24.9 Å². The Hall–Kier alpha value is -1.36. The van der Waals surface area contributed by atoms with Crippen LogP contribution < -0.4 is 5.73 Å². The van der Waals surface area contributed by atoms with Gasteiger partial charge < -0.3 is 10.2 Å². The van der Waals surface area contributed by atoms with E-state index >= 15 is 0 Å². The summed E-state index contributed by atoms with van der Waals surface area (Å²) in [4.78, 5) is 6.94. The van der Waals surface area contributed by atoms with Gasteiger partial charge in [0.2, 0.25) is 5.89 Å². The molecule has 1 aliphatic heterocycles. The van der Waals surface area contributed by atoms with Crippen molar-refractivity contribution in [3.05, 3.63) is 40.9 Å². The summed E-state index contributed by atoms with van der Waals surface area (Å²) in [5.74, 6) is 1.59. The molecule has 2 aromatic rings. The number of nitrogens with zero attached hydrogens (tertiary/aromatic N) is 2. The standard InChI is InChI=1S/C17H22ClN3O/c1-12-16(13-3-5-14(18)6-4-13)22-15(20-12)9-21-8-7-17(2,10-19)11-21/h3-6H,7-11,19H2,1-2H3. The number of hydrogen-bond donors (Lipinski definition) is 1. The lowest BCUT2D eigenvalue weighted by Crippen LogP contribution is -2.31. The zero-order chi connectivity index (χ0) is 15.7. The molecule has 0 radical (unpaired) electrons. The molecule has 1 aliphatic rings. The zero-order valence-electron chi connectivity index (χ0n) is 13.1. The normalized spacial score (nSPS) is 22.4. The smallest absolute Gasteiger partial charge is 0.209 e. The predicted molar refractivity (Wildman–Crippen MR) is 88.7 cm³/mol. The van der Waals surface area contributed by atoms with Gasteiger partial charge in [0, 0.05) is 17.1 Å². The first-order valence-corrected chi connectivity index (χ1v) is 8.01. The van der Waals surface area contributed by atoms with E-state index in [1.54, 1.807) is 0 Å². The van der Waals surface area contributed by atoms with E-state index in [1.807, 2.05) is 31.2 Å². The second-order valence-corrected chi connectivity index (χ2v) is 6.94. The summed E-state index contributed by atoms with van der Waals surface area (Å²) in [6.07, 6.45) is 1.13. The minimum Gasteiger partial charge on any atom is -0.439 e. The van der Waals surface area contributed by atoms with Gasteiger partial charge in [-0.15, -0.1) is 0 Å². The van der Waals surface area contributed by atoms with Gasteiger partial charge >= 0.3 is 0 Å². The van der Waals surface area contributed by atoms with Crippen LogP contribution in [0.2, 0.25) is 5.02 Å². The predicted octanol–water partition coefficient (Wildman–Crippen LogP) is 3.47. The highest BCUT2D eigenvalue weighted by Gasteiger charge is 2.33. The summed E-state index contributed by atoms with van der Waals surface area (Å²) in [6.45, 7) is 7.73. The lowest BCUT2D eigenvalue weighted by Gasteiger charge is -2.21. The number of aryl methyl sites for hydroxylation is 1. The maximum absolute atomic E-state index is 5.98. The van der Waals surface area contributed by atoms with Crippen LogP contribution in [0, 0.1) is 12.3 Å². The molecule has 1 saturated heterocycles. The topological polar surface area (TPSA) is 55.3 Å². The molecule has 1 atom stereocenters. The Morgan fingerprint density at radius 3 is 2.73 bits per heavy atom. The molecule has 4 nitrogen and oxygen atoms in total. The first kappa shape index (κ1) is 15.5. The zero-order valence-corrected chi connectivity index (χ0v) is 13.9. The maximum Gasteiger partial charge on any atom is 0.209 e. The summed E-state index contributed by atoms with van der Waals surface area (Å²) in [5.41, 5.74) is 8.01. The summed E-state index contributed by atoms with van der Waals surface area (Å²) >= 11 is 5.93. The average Bonchev–Trinajstić information content (AvgIpc) is 3.04. The fourth-order valence-electron chi connectivity index (χ4n) is 3.01. The highest BCUT2D eigenvalue weighted by Crippen LogP contribution is 2.31. The Labute approximate surface area is 136 Å². The number of aromatic nitrogens is 1. The molecule has 0 spiro atoms. The van der Waals surface area contributed by atoms with Gasteiger partial charge in [0.05, 0.1) is 12.2 Å². The molecule has 3 rings (SSSR count). The summed E-state index contributed by atoms with van der Waals surface area (Å²) < 4.78 is 5.98. The number of likely N-dealkylation sites (tertiary alicyclic amines) is 1. The third-order valence-electron chi connectivity index (χ3n) is 4.44. The van der Waals surface area contributed by atoms with Crippen molar-refractivity contribution in [2.24, 2.45) is 11.1 Å². The first-order valence-electron chi connectivity index (χ1n) is 7.64. The van der Waals surface area contributed by atoms with Crippen LogP contribution in [0.15, 0.2) is 28.7 Å². The second kappa shape index (κ2) is 6.03. The molecule has 1 unspecified atom stereocenters. The van der Waals surface area contributed by atoms with Crippen molar-refractivity contribution >= 4 is 11.6 Å². The number of oxazole rings is 1. The Bertz CT molecular complexity index is 652. The number of nitrogens with two attached hydrogens (primary N) is 1. The maximum atomic E-state index is 5.98. The van der Waals surface area contributed by atoms with Gasteiger partial charge in [-0.3, -0.25) is 4.90 Å². The molecule has 1 aromatic carbocycles. The van der Waals surface area contributed by atoms with Crippen LogP contribution >= 0.6 is 11.6 Å². The molecule has 1 fully saturated rings. The molecule has 0 saturated carbocycles. The van der Waals surface area contributed by atoms with E-state index in [1.165, 1.54) is 0 Å². The Balaban J connectivity index is 1.74. The van der Waals surface area contributed by atoms with E-state index in [9.17, 15) is 0 Å². The molecule has 0 bridgehead atoms. The van der Waals surface area contributed by atoms with Gasteiger partial charge in [-0.2, -0.15) is 0 Å². The van der Waals surface area contributed by atoms with E-state index in [2.05, 4.69) is 16.8 Å². The van der Waals surface area contributed by atoms with Crippen molar-refractivity contribution in [2.45, 2.75) is 26.8 Å². The quantitative estimate of drug-likeness (QED) is 0.937. The van der Waals surface area contributed by atoms with Crippen LogP contribution in [0.4, 0.5) is 0 Å². The number of rotatable bonds is 4. The number of hydrogen-bond acceptors (Lipinski definition) is 4.